The molecule has 0 saturated heterocycles. The molecule has 0 aromatic carbocycles. The fourth-order valence-electron chi connectivity index (χ4n) is 7.81. The highest BCUT2D eigenvalue weighted by atomic mass is 16.4. The van der Waals surface area contributed by atoms with Gasteiger partial charge in [-0.15, -0.1) is 0 Å². The van der Waals surface area contributed by atoms with Crippen molar-refractivity contribution in [2.24, 2.45) is 34.5 Å². The Labute approximate surface area is 160 Å². The van der Waals surface area contributed by atoms with Crippen molar-refractivity contribution >= 4 is 11.6 Å². The molecular formula is C21H32O6. The first-order valence-electron chi connectivity index (χ1n) is 10.3. The van der Waals surface area contributed by atoms with Gasteiger partial charge in [0.15, 0.2) is 11.4 Å². The van der Waals surface area contributed by atoms with Crippen LogP contribution in [0.4, 0.5) is 0 Å². The third kappa shape index (κ3) is 2.33. The number of Topliss-reactive ketones (excluding diaryl/α,β-unsaturated/α-hetero) is 2. The van der Waals surface area contributed by atoms with E-state index in [1.807, 2.05) is 0 Å². The zero-order valence-corrected chi connectivity index (χ0v) is 16.2. The van der Waals surface area contributed by atoms with E-state index in [-0.39, 0.29) is 35.5 Å². The van der Waals surface area contributed by atoms with Crippen molar-refractivity contribution in [1.29, 1.82) is 0 Å². The Balaban J connectivity index is 1.73. The van der Waals surface area contributed by atoms with Crippen LogP contribution < -0.4 is 0 Å². The van der Waals surface area contributed by atoms with Gasteiger partial charge in [-0.2, -0.15) is 0 Å². The quantitative estimate of drug-likeness (QED) is 0.564. The van der Waals surface area contributed by atoms with Gasteiger partial charge in [0.05, 0.1) is 12.2 Å². The predicted molar refractivity (Wildman–Crippen MR) is 96.6 cm³/mol. The molecular weight excluding hydrogens is 348 g/mol. The van der Waals surface area contributed by atoms with Crippen LogP contribution in [-0.2, 0) is 9.59 Å². The maximum absolute atomic E-state index is 12.4. The van der Waals surface area contributed by atoms with Crippen LogP contribution in [0, 0.1) is 34.5 Å². The van der Waals surface area contributed by atoms with Gasteiger partial charge in [-0.05, 0) is 61.2 Å². The van der Waals surface area contributed by atoms with Crippen molar-refractivity contribution in [1.82, 2.24) is 0 Å². The fourth-order valence-corrected chi connectivity index (χ4v) is 7.81. The number of hydrogen-bond acceptors (Lipinski definition) is 6. The molecule has 0 aromatic rings. The van der Waals surface area contributed by atoms with Gasteiger partial charge >= 0.3 is 0 Å². The van der Waals surface area contributed by atoms with Crippen LogP contribution in [-0.4, -0.2) is 56.4 Å². The van der Waals surface area contributed by atoms with Gasteiger partial charge in [-0.25, -0.2) is 0 Å². The Kier molecular flexibility index (Phi) is 4.39. The van der Waals surface area contributed by atoms with Crippen LogP contribution in [0.1, 0.15) is 58.8 Å². The summed E-state index contributed by atoms with van der Waals surface area (Å²) in [6.45, 7) is 3.17. The second kappa shape index (κ2) is 6.09. The normalized spacial score (nSPS) is 54.8. The van der Waals surface area contributed by atoms with Gasteiger partial charge in [0.2, 0.25) is 0 Å². The fraction of sp³-hybridized carbons (Fsp3) is 0.905. The first kappa shape index (κ1) is 19.5. The number of hydrogen-bond donors (Lipinski definition) is 4. The minimum absolute atomic E-state index is 0.0150. The number of carbonyl (C=O) groups excluding carboxylic acids is 2. The average Bonchev–Trinajstić information content (AvgIpc) is 2.82. The Morgan fingerprint density at radius 2 is 1.93 bits per heavy atom. The topological polar surface area (TPSA) is 115 Å². The lowest BCUT2D eigenvalue weighted by molar-refractivity contribution is -0.205. The Hall–Kier alpha value is -0.820. The molecule has 152 valence electrons. The molecule has 4 aliphatic rings. The van der Waals surface area contributed by atoms with Gasteiger partial charge < -0.3 is 20.4 Å². The molecule has 4 N–H and O–H groups in total. The largest absolute Gasteiger partial charge is 0.393 e. The number of aliphatic hydroxyl groups is 4. The molecule has 4 rings (SSSR count). The highest BCUT2D eigenvalue weighted by molar-refractivity contribution is 5.90. The Morgan fingerprint density at radius 1 is 1.22 bits per heavy atom. The van der Waals surface area contributed by atoms with E-state index in [1.165, 1.54) is 0 Å². The van der Waals surface area contributed by atoms with Crippen molar-refractivity contribution < 1.29 is 30.0 Å². The van der Waals surface area contributed by atoms with Crippen LogP contribution in [0.15, 0.2) is 0 Å². The summed E-state index contributed by atoms with van der Waals surface area (Å²) in [7, 11) is 0. The van der Waals surface area contributed by atoms with Crippen molar-refractivity contribution in [3.05, 3.63) is 0 Å². The monoisotopic (exact) mass is 380 g/mol. The van der Waals surface area contributed by atoms with Crippen LogP contribution in [0.5, 0.6) is 0 Å². The van der Waals surface area contributed by atoms with Crippen molar-refractivity contribution in [2.75, 3.05) is 6.61 Å². The maximum Gasteiger partial charge on any atom is 0.192 e. The second-order valence-electron chi connectivity index (χ2n) is 10.1. The van der Waals surface area contributed by atoms with Gasteiger partial charge in [0, 0.05) is 18.3 Å². The summed E-state index contributed by atoms with van der Waals surface area (Å²) >= 11 is 0. The lowest BCUT2D eigenvalue weighted by Gasteiger charge is -2.62. The van der Waals surface area contributed by atoms with Crippen LogP contribution in [0.2, 0.25) is 0 Å². The van der Waals surface area contributed by atoms with E-state index in [1.54, 1.807) is 6.92 Å². The molecule has 4 fully saturated rings. The molecule has 0 aliphatic heterocycles. The SMILES string of the molecule is C[C@]12CCC(=O)CC1CC[C@@H]1[C@@H]2[C@@H](O)C[C@@]2(C)[C@H]1C[C@@H](O)[C@]2(O)C(=O)CO. The molecule has 0 spiro atoms. The summed E-state index contributed by atoms with van der Waals surface area (Å²) < 4.78 is 0. The average molecular weight is 380 g/mol. The third-order valence-corrected chi connectivity index (χ3v) is 9.20. The first-order valence-corrected chi connectivity index (χ1v) is 10.3. The van der Waals surface area contributed by atoms with E-state index in [9.17, 15) is 30.0 Å². The lowest BCUT2D eigenvalue weighted by Crippen LogP contribution is -2.64. The molecule has 4 saturated carbocycles. The molecule has 0 heterocycles. The molecule has 1 unspecified atom stereocenters. The van der Waals surface area contributed by atoms with Crippen molar-refractivity contribution in [3.8, 4) is 0 Å². The Morgan fingerprint density at radius 3 is 2.59 bits per heavy atom. The third-order valence-electron chi connectivity index (χ3n) is 9.20. The molecule has 9 atom stereocenters. The van der Waals surface area contributed by atoms with E-state index in [0.29, 0.717) is 25.0 Å². The highest BCUT2D eigenvalue weighted by Crippen LogP contribution is 2.68. The number of rotatable bonds is 2. The predicted octanol–water partition coefficient (Wildman–Crippen LogP) is 0.832. The van der Waals surface area contributed by atoms with Crippen molar-refractivity contribution in [2.45, 2.75) is 76.6 Å². The summed E-state index contributed by atoms with van der Waals surface area (Å²) in [5.41, 5.74) is -3.09. The summed E-state index contributed by atoms with van der Waals surface area (Å²) in [4.78, 5) is 24.4. The van der Waals surface area contributed by atoms with Crippen LogP contribution in [0.3, 0.4) is 0 Å². The number of aliphatic hydroxyl groups excluding tert-OH is 3. The highest BCUT2D eigenvalue weighted by Gasteiger charge is 2.71. The van der Waals surface area contributed by atoms with Crippen molar-refractivity contribution in [3.63, 3.8) is 0 Å². The molecule has 0 amide bonds. The Bertz CT molecular complexity index is 663. The molecule has 6 nitrogen and oxygen atoms in total. The summed E-state index contributed by atoms with van der Waals surface area (Å²) in [5.74, 6) is -0.135. The van der Waals surface area contributed by atoms with E-state index < -0.39 is 35.6 Å². The van der Waals surface area contributed by atoms with Gasteiger partial charge in [0.25, 0.3) is 0 Å². The molecule has 0 aromatic heterocycles. The van der Waals surface area contributed by atoms with Gasteiger partial charge in [-0.1, -0.05) is 13.8 Å². The van der Waals surface area contributed by atoms with Crippen LogP contribution >= 0.6 is 0 Å². The summed E-state index contributed by atoms with van der Waals surface area (Å²) in [6, 6.07) is 0. The maximum atomic E-state index is 12.4. The standard InChI is InChI=1S/C21H32O6/c1-19-6-5-12(23)7-11(19)3-4-13-14-8-16(25)21(27,17(26)10-22)20(14,2)9-15(24)18(13)19/h11,13-16,18,22,24-25,27H,3-10H2,1-2H3/t11?,13-,14-,15-,16+,18+,19-,20-,21-/m0/s1. The summed E-state index contributed by atoms with van der Waals surface area (Å²) in [5, 5.41) is 42.4. The second-order valence-corrected chi connectivity index (χ2v) is 10.1. The van der Waals surface area contributed by atoms with E-state index in [2.05, 4.69) is 6.92 Å². The molecule has 6 heteroatoms. The molecule has 27 heavy (non-hydrogen) atoms. The smallest absolute Gasteiger partial charge is 0.192 e. The molecule has 0 radical (unpaired) electrons. The molecule has 0 bridgehead atoms. The number of fused-ring (bicyclic) bond motifs is 5. The van der Waals surface area contributed by atoms with Gasteiger partial charge in [-0.3, -0.25) is 9.59 Å². The zero-order chi connectivity index (χ0) is 19.8. The number of carbonyl (C=O) groups is 2. The zero-order valence-electron chi connectivity index (χ0n) is 16.2. The first-order chi connectivity index (χ1) is 12.6. The minimum atomic E-state index is -2.02. The molecule has 4 aliphatic carbocycles. The van der Waals surface area contributed by atoms with Crippen LogP contribution in [0.25, 0.3) is 0 Å². The van der Waals surface area contributed by atoms with E-state index >= 15 is 0 Å². The van der Waals surface area contributed by atoms with Gasteiger partial charge in [0.1, 0.15) is 12.4 Å². The lowest BCUT2D eigenvalue weighted by atomic mass is 9.43. The minimum Gasteiger partial charge on any atom is -0.393 e. The number of ketones is 2. The van der Waals surface area contributed by atoms with E-state index in [4.69, 9.17) is 0 Å². The summed E-state index contributed by atoms with van der Waals surface area (Å²) in [6.07, 6.45) is 2.29. The van der Waals surface area contributed by atoms with E-state index in [0.717, 1.165) is 19.3 Å².